The third kappa shape index (κ3) is 3.38. The van der Waals surface area contributed by atoms with E-state index in [0.29, 0.717) is 16.2 Å². The van der Waals surface area contributed by atoms with E-state index in [1.807, 2.05) is 6.92 Å². The number of ketones is 1. The molecular formula is C20H18N2O6S. The Hall–Kier alpha value is -3.20. The van der Waals surface area contributed by atoms with Crippen molar-refractivity contribution < 1.29 is 28.7 Å². The number of amides is 3. The first kappa shape index (κ1) is 19.1. The summed E-state index contributed by atoms with van der Waals surface area (Å²) in [6.45, 7) is 1.13. The highest BCUT2D eigenvalue weighted by atomic mass is 32.1. The molecule has 1 aromatic carbocycles. The maximum absolute atomic E-state index is 13.1. The van der Waals surface area contributed by atoms with Crippen molar-refractivity contribution in [1.82, 2.24) is 10.2 Å². The van der Waals surface area contributed by atoms with Gasteiger partial charge in [0, 0.05) is 16.9 Å². The van der Waals surface area contributed by atoms with E-state index in [1.165, 1.54) is 11.3 Å². The van der Waals surface area contributed by atoms with Gasteiger partial charge < -0.3 is 14.8 Å². The Morgan fingerprint density at radius 2 is 2.03 bits per heavy atom. The molecule has 0 saturated carbocycles. The van der Waals surface area contributed by atoms with Gasteiger partial charge in [-0.2, -0.15) is 0 Å². The van der Waals surface area contributed by atoms with Gasteiger partial charge in [-0.3, -0.25) is 19.3 Å². The smallest absolute Gasteiger partial charge is 0.326 e. The Balaban J connectivity index is 1.44. The number of nitrogens with zero attached hydrogens (tertiary/aromatic N) is 1. The van der Waals surface area contributed by atoms with Crippen LogP contribution in [0.2, 0.25) is 0 Å². The Morgan fingerprint density at radius 1 is 1.24 bits per heavy atom. The van der Waals surface area contributed by atoms with Gasteiger partial charge in [0.15, 0.2) is 12.1 Å². The molecule has 1 aromatic heterocycles. The van der Waals surface area contributed by atoms with Crippen molar-refractivity contribution in [2.45, 2.75) is 18.9 Å². The summed E-state index contributed by atoms with van der Waals surface area (Å²) in [6, 6.07) is 9.77. The van der Waals surface area contributed by atoms with Crippen LogP contribution in [0.15, 0.2) is 36.4 Å². The number of hydrogen-bond acceptors (Lipinski definition) is 7. The number of carbonyl (C=O) groups is 4. The maximum Gasteiger partial charge on any atom is 0.326 e. The zero-order valence-electron chi connectivity index (χ0n) is 15.6. The average Bonchev–Trinajstić information content (AvgIpc) is 3.24. The number of hydrogen-bond donors (Lipinski definition) is 1. The minimum Gasteiger partial charge on any atom is -0.493 e. The second kappa shape index (κ2) is 7.32. The Labute approximate surface area is 170 Å². The van der Waals surface area contributed by atoms with Gasteiger partial charge in [0.1, 0.15) is 12.3 Å². The van der Waals surface area contributed by atoms with Crippen molar-refractivity contribution in [3.8, 4) is 5.75 Å². The van der Waals surface area contributed by atoms with Crippen LogP contribution < -0.4 is 10.1 Å². The molecule has 4 rings (SSSR count). The van der Waals surface area contributed by atoms with E-state index in [4.69, 9.17) is 9.47 Å². The number of urea groups is 1. The highest BCUT2D eigenvalue weighted by molar-refractivity contribution is 7.14. The third-order valence-corrected chi connectivity index (χ3v) is 5.97. The van der Waals surface area contributed by atoms with Gasteiger partial charge in [-0.05, 0) is 25.1 Å². The number of carbonyl (C=O) groups excluding carboxylic acids is 4. The molecule has 3 heterocycles. The largest absolute Gasteiger partial charge is 0.493 e. The molecule has 1 spiro atoms. The second-order valence-corrected chi connectivity index (χ2v) is 8.10. The summed E-state index contributed by atoms with van der Waals surface area (Å²) in [5.74, 6) is -1.17. The molecular weight excluding hydrogens is 396 g/mol. The Kier molecular flexibility index (Phi) is 4.83. The zero-order valence-corrected chi connectivity index (χ0v) is 16.4. The van der Waals surface area contributed by atoms with Crippen LogP contribution in [0.4, 0.5) is 4.79 Å². The van der Waals surface area contributed by atoms with E-state index in [1.54, 1.807) is 36.4 Å². The molecule has 1 fully saturated rings. The SMILES string of the molecule is Cc1ccc(C(=O)COC(=O)CN2C(=O)N[C@]3(CCOc4ccccc43)C2=O)s1. The van der Waals surface area contributed by atoms with Crippen LogP contribution >= 0.6 is 11.3 Å². The van der Waals surface area contributed by atoms with Gasteiger partial charge in [-0.25, -0.2) is 4.79 Å². The van der Waals surface area contributed by atoms with Crippen LogP contribution in [0.25, 0.3) is 0 Å². The summed E-state index contributed by atoms with van der Waals surface area (Å²) in [6.07, 6.45) is 0.260. The molecule has 3 amide bonds. The predicted octanol–water partition coefficient (Wildman–Crippen LogP) is 2.01. The van der Waals surface area contributed by atoms with Crippen molar-refractivity contribution in [1.29, 1.82) is 0 Å². The number of fused-ring (bicyclic) bond motifs is 2. The topological polar surface area (TPSA) is 102 Å². The number of ether oxygens (including phenoxy) is 2. The highest BCUT2D eigenvalue weighted by Crippen LogP contribution is 2.40. The highest BCUT2D eigenvalue weighted by Gasteiger charge is 2.55. The first-order valence-electron chi connectivity index (χ1n) is 9.02. The maximum atomic E-state index is 13.1. The summed E-state index contributed by atoms with van der Waals surface area (Å²) in [5.41, 5.74) is -0.694. The third-order valence-electron chi connectivity index (χ3n) is 4.92. The fourth-order valence-corrected chi connectivity index (χ4v) is 4.28. The van der Waals surface area contributed by atoms with Crippen molar-refractivity contribution >= 4 is 35.0 Å². The molecule has 1 atom stereocenters. The molecule has 2 aliphatic rings. The summed E-state index contributed by atoms with van der Waals surface area (Å²) >= 11 is 1.31. The van der Waals surface area contributed by atoms with Crippen LogP contribution in [-0.4, -0.2) is 48.3 Å². The fraction of sp³-hybridized carbons (Fsp3) is 0.300. The number of Topliss-reactive ketones (excluding diaryl/α,β-unsaturated/α-hetero) is 1. The molecule has 2 aliphatic heterocycles. The fourth-order valence-electron chi connectivity index (χ4n) is 3.49. The molecule has 0 unspecified atom stereocenters. The van der Waals surface area contributed by atoms with Crippen LogP contribution in [-0.2, 0) is 19.9 Å². The van der Waals surface area contributed by atoms with Gasteiger partial charge in [0.05, 0.1) is 11.5 Å². The first-order valence-corrected chi connectivity index (χ1v) is 9.84. The minimum absolute atomic E-state index is 0.260. The minimum atomic E-state index is -1.25. The van der Waals surface area contributed by atoms with E-state index in [9.17, 15) is 19.2 Å². The number of para-hydroxylation sites is 1. The van der Waals surface area contributed by atoms with Crippen molar-refractivity contribution in [3.05, 3.63) is 51.7 Å². The lowest BCUT2D eigenvalue weighted by molar-refractivity contribution is -0.147. The van der Waals surface area contributed by atoms with Gasteiger partial charge in [-0.15, -0.1) is 11.3 Å². The van der Waals surface area contributed by atoms with E-state index in [-0.39, 0.29) is 18.8 Å². The Morgan fingerprint density at radius 3 is 2.79 bits per heavy atom. The van der Waals surface area contributed by atoms with Crippen LogP contribution in [0.5, 0.6) is 5.75 Å². The molecule has 2 aromatic rings. The number of thiophene rings is 1. The average molecular weight is 414 g/mol. The van der Waals surface area contributed by atoms with Crippen LogP contribution in [0.1, 0.15) is 26.5 Å². The second-order valence-electron chi connectivity index (χ2n) is 6.82. The molecule has 9 heteroatoms. The number of esters is 1. The summed E-state index contributed by atoms with van der Waals surface area (Å²) in [7, 11) is 0. The van der Waals surface area contributed by atoms with Crippen molar-refractivity contribution in [2.24, 2.45) is 0 Å². The molecule has 1 N–H and O–H groups in total. The molecule has 0 radical (unpaired) electrons. The molecule has 29 heavy (non-hydrogen) atoms. The lowest BCUT2D eigenvalue weighted by atomic mass is 9.84. The standard InChI is InChI=1S/C20H18N2O6S/c1-12-6-7-16(29-12)14(23)11-28-17(24)10-22-18(25)20(21-19(22)26)8-9-27-15-5-3-2-4-13(15)20/h2-7H,8-11H2,1H3,(H,21,26)/t20-/m0/s1. The van der Waals surface area contributed by atoms with E-state index >= 15 is 0 Å². The number of aryl methyl sites for hydroxylation is 1. The van der Waals surface area contributed by atoms with E-state index in [0.717, 1.165) is 9.78 Å². The monoisotopic (exact) mass is 414 g/mol. The lowest BCUT2D eigenvalue weighted by Crippen LogP contribution is -2.47. The van der Waals surface area contributed by atoms with Crippen molar-refractivity contribution in [2.75, 3.05) is 19.8 Å². The molecule has 8 nitrogen and oxygen atoms in total. The lowest BCUT2D eigenvalue weighted by Gasteiger charge is -2.33. The molecule has 0 aliphatic carbocycles. The first-order chi connectivity index (χ1) is 13.9. The molecule has 1 saturated heterocycles. The number of nitrogens with one attached hydrogen (secondary N) is 1. The van der Waals surface area contributed by atoms with Gasteiger partial charge in [0.2, 0.25) is 5.78 Å². The number of rotatable bonds is 5. The molecule has 150 valence electrons. The zero-order chi connectivity index (χ0) is 20.6. The summed E-state index contributed by atoms with van der Waals surface area (Å²) in [4.78, 5) is 52.0. The predicted molar refractivity (Wildman–Crippen MR) is 103 cm³/mol. The quantitative estimate of drug-likeness (QED) is 0.456. The van der Waals surface area contributed by atoms with Gasteiger partial charge in [-0.1, -0.05) is 18.2 Å². The normalized spacial score (nSPS) is 20.2. The summed E-state index contributed by atoms with van der Waals surface area (Å²) < 4.78 is 10.6. The van der Waals surface area contributed by atoms with Crippen molar-refractivity contribution in [3.63, 3.8) is 0 Å². The van der Waals surface area contributed by atoms with Gasteiger partial charge in [0.25, 0.3) is 5.91 Å². The van der Waals surface area contributed by atoms with Crippen LogP contribution in [0.3, 0.4) is 0 Å². The number of benzene rings is 1. The van der Waals surface area contributed by atoms with Crippen LogP contribution in [0, 0.1) is 6.92 Å². The van der Waals surface area contributed by atoms with E-state index in [2.05, 4.69) is 5.32 Å². The van der Waals surface area contributed by atoms with E-state index < -0.39 is 36.6 Å². The summed E-state index contributed by atoms with van der Waals surface area (Å²) in [5, 5.41) is 2.71. The molecule has 0 bridgehead atoms. The number of imide groups is 1. The Bertz CT molecular complexity index is 1020. The van der Waals surface area contributed by atoms with Gasteiger partial charge >= 0.3 is 12.0 Å².